The van der Waals surface area contributed by atoms with Crippen LogP contribution in [0.2, 0.25) is 0 Å². The Morgan fingerprint density at radius 3 is 3.18 bits per heavy atom. The van der Waals surface area contributed by atoms with Crippen LogP contribution in [0.25, 0.3) is 0 Å². The summed E-state index contributed by atoms with van der Waals surface area (Å²) in [6.45, 7) is 0.233. The molecule has 4 nitrogen and oxygen atoms in total. The van der Waals surface area contributed by atoms with Crippen LogP contribution in [-0.4, -0.2) is 18.2 Å². The van der Waals surface area contributed by atoms with E-state index in [-0.39, 0.29) is 6.61 Å². The van der Waals surface area contributed by atoms with E-state index in [1.54, 1.807) is 11.7 Å². The van der Waals surface area contributed by atoms with Gasteiger partial charge in [0.05, 0.1) is 17.5 Å². The average molecular weight is 173 g/mol. The third-order valence-corrected chi connectivity index (χ3v) is 1.74. The summed E-state index contributed by atoms with van der Waals surface area (Å²) >= 11 is 1.43. The van der Waals surface area contributed by atoms with Crippen molar-refractivity contribution in [3.8, 4) is 0 Å². The lowest BCUT2D eigenvalue weighted by molar-refractivity contribution is 0.0676. The molecule has 0 saturated heterocycles. The van der Waals surface area contributed by atoms with Gasteiger partial charge in [-0.05, 0) is 0 Å². The summed E-state index contributed by atoms with van der Waals surface area (Å²) in [7, 11) is 1.27. The third kappa shape index (κ3) is 2.55. The molecular formula is C6H7NO3S. The van der Waals surface area contributed by atoms with E-state index in [9.17, 15) is 4.79 Å². The molecule has 11 heavy (non-hydrogen) atoms. The normalized spacial score (nSPS) is 9.18. The van der Waals surface area contributed by atoms with Gasteiger partial charge in [-0.2, -0.15) is 0 Å². The molecule has 1 aromatic heterocycles. The van der Waals surface area contributed by atoms with Crippen molar-refractivity contribution in [3.63, 3.8) is 0 Å². The minimum atomic E-state index is -0.668. The second-order valence-corrected chi connectivity index (χ2v) is 2.68. The Morgan fingerprint density at radius 2 is 2.64 bits per heavy atom. The SMILES string of the molecule is COC(=O)OCc1cncs1. The minimum Gasteiger partial charge on any atom is -0.438 e. The van der Waals surface area contributed by atoms with Crippen LogP contribution in [-0.2, 0) is 16.1 Å². The van der Waals surface area contributed by atoms with Crippen molar-refractivity contribution >= 4 is 17.5 Å². The number of carbonyl (C=O) groups is 1. The highest BCUT2D eigenvalue weighted by Gasteiger charge is 2.01. The summed E-state index contributed by atoms with van der Waals surface area (Å²) in [5.41, 5.74) is 1.68. The van der Waals surface area contributed by atoms with Gasteiger partial charge in [-0.15, -0.1) is 11.3 Å². The highest BCUT2D eigenvalue weighted by atomic mass is 32.1. The predicted octanol–water partition coefficient (Wildman–Crippen LogP) is 1.43. The molecule has 0 atom stereocenters. The van der Waals surface area contributed by atoms with Gasteiger partial charge in [0.15, 0.2) is 0 Å². The molecule has 1 aromatic rings. The quantitative estimate of drug-likeness (QED) is 0.635. The zero-order valence-corrected chi connectivity index (χ0v) is 6.76. The molecule has 0 aliphatic heterocycles. The van der Waals surface area contributed by atoms with E-state index in [1.165, 1.54) is 18.4 Å². The van der Waals surface area contributed by atoms with Gasteiger partial charge in [-0.1, -0.05) is 0 Å². The Bertz CT molecular complexity index is 222. The lowest BCUT2D eigenvalue weighted by Gasteiger charge is -1.98. The van der Waals surface area contributed by atoms with Gasteiger partial charge in [-0.3, -0.25) is 4.98 Å². The topological polar surface area (TPSA) is 48.4 Å². The van der Waals surface area contributed by atoms with Crippen LogP contribution in [0.1, 0.15) is 4.88 Å². The van der Waals surface area contributed by atoms with Gasteiger partial charge in [-0.25, -0.2) is 4.79 Å². The van der Waals surface area contributed by atoms with E-state index in [2.05, 4.69) is 14.5 Å². The van der Waals surface area contributed by atoms with E-state index in [1.807, 2.05) is 0 Å². The van der Waals surface area contributed by atoms with Crippen LogP contribution in [0, 0.1) is 0 Å². The standard InChI is InChI=1S/C6H7NO3S/c1-9-6(8)10-3-5-2-7-4-11-5/h2,4H,3H2,1H3. The summed E-state index contributed by atoms with van der Waals surface area (Å²) in [4.78, 5) is 15.2. The zero-order valence-electron chi connectivity index (χ0n) is 5.94. The summed E-state index contributed by atoms with van der Waals surface area (Å²) in [6, 6.07) is 0. The van der Waals surface area contributed by atoms with Crippen molar-refractivity contribution in [2.45, 2.75) is 6.61 Å². The number of hydrogen-bond donors (Lipinski definition) is 0. The van der Waals surface area contributed by atoms with Gasteiger partial charge < -0.3 is 9.47 Å². The van der Waals surface area contributed by atoms with Gasteiger partial charge in [0.1, 0.15) is 6.61 Å². The highest BCUT2D eigenvalue weighted by Crippen LogP contribution is 2.06. The lowest BCUT2D eigenvalue weighted by Crippen LogP contribution is -2.02. The van der Waals surface area contributed by atoms with Crippen LogP contribution in [0.3, 0.4) is 0 Å². The Hall–Kier alpha value is -1.10. The van der Waals surface area contributed by atoms with E-state index in [0.717, 1.165) is 4.88 Å². The molecule has 0 aromatic carbocycles. The van der Waals surface area contributed by atoms with Gasteiger partial charge >= 0.3 is 6.16 Å². The fraction of sp³-hybridized carbons (Fsp3) is 0.333. The van der Waals surface area contributed by atoms with Crippen LogP contribution < -0.4 is 0 Å². The van der Waals surface area contributed by atoms with E-state index in [0.29, 0.717) is 0 Å². The van der Waals surface area contributed by atoms with Crippen molar-refractivity contribution in [2.24, 2.45) is 0 Å². The summed E-state index contributed by atoms with van der Waals surface area (Å²) in [6.07, 6.45) is 0.978. The zero-order chi connectivity index (χ0) is 8.10. The molecule has 0 aliphatic rings. The molecule has 1 rings (SSSR count). The third-order valence-electron chi connectivity index (χ3n) is 0.982. The molecule has 1 heterocycles. The van der Waals surface area contributed by atoms with Gasteiger partial charge in [0, 0.05) is 6.20 Å². The largest absolute Gasteiger partial charge is 0.508 e. The van der Waals surface area contributed by atoms with Crippen molar-refractivity contribution in [2.75, 3.05) is 7.11 Å². The van der Waals surface area contributed by atoms with Crippen LogP contribution >= 0.6 is 11.3 Å². The molecule has 60 valence electrons. The molecule has 0 saturated carbocycles. The predicted molar refractivity (Wildman–Crippen MR) is 39.3 cm³/mol. The van der Waals surface area contributed by atoms with Crippen molar-refractivity contribution in [1.29, 1.82) is 0 Å². The highest BCUT2D eigenvalue weighted by molar-refractivity contribution is 7.09. The molecule has 0 aliphatic carbocycles. The van der Waals surface area contributed by atoms with Gasteiger partial charge in [0.25, 0.3) is 0 Å². The number of carbonyl (C=O) groups excluding carboxylic acids is 1. The van der Waals surface area contributed by atoms with E-state index < -0.39 is 6.16 Å². The summed E-state index contributed by atoms with van der Waals surface area (Å²) in [5.74, 6) is 0. The maximum atomic E-state index is 10.4. The number of aromatic nitrogens is 1. The fourth-order valence-electron chi connectivity index (χ4n) is 0.502. The van der Waals surface area contributed by atoms with Crippen LogP contribution in [0.15, 0.2) is 11.7 Å². The molecule has 0 spiro atoms. The first kappa shape index (κ1) is 8.00. The Labute approximate surface area is 67.8 Å². The number of nitrogens with zero attached hydrogens (tertiary/aromatic N) is 1. The lowest BCUT2D eigenvalue weighted by atomic mass is 10.6. The van der Waals surface area contributed by atoms with Crippen LogP contribution in [0.4, 0.5) is 4.79 Å². The molecule has 0 N–H and O–H groups in total. The van der Waals surface area contributed by atoms with Crippen LogP contribution in [0.5, 0.6) is 0 Å². The number of rotatable bonds is 2. The molecule has 0 amide bonds. The maximum absolute atomic E-state index is 10.4. The first-order valence-electron chi connectivity index (χ1n) is 2.91. The number of thiazole rings is 1. The number of methoxy groups -OCH3 is 1. The van der Waals surface area contributed by atoms with Crippen molar-refractivity contribution in [3.05, 3.63) is 16.6 Å². The van der Waals surface area contributed by atoms with Gasteiger partial charge in [0.2, 0.25) is 0 Å². The molecule has 0 bridgehead atoms. The minimum absolute atomic E-state index is 0.233. The Balaban J connectivity index is 2.29. The Kier molecular flexibility index (Phi) is 2.85. The fourth-order valence-corrected chi connectivity index (χ4v) is 1.01. The second-order valence-electron chi connectivity index (χ2n) is 1.71. The number of ether oxygens (including phenoxy) is 2. The monoisotopic (exact) mass is 173 g/mol. The molecule has 0 unspecified atom stereocenters. The molecule has 0 fully saturated rings. The molecule has 0 radical (unpaired) electrons. The average Bonchev–Trinajstić information content (AvgIpc) is 2.52. The van der Waals surface area contributed by atoms with Crippen molar-refractivity contribution in [1.82, 2.24) is 4.98 Å². The molecule has 5 heteroatoms. The molecular weight excluding hydrogens is 166 g/mol. The van der Waals surface area contributed by atoms with E-state index >= 15 is 0 Å². The second kappa shape index (κ2) is 3.92. The summed E-state index contributed by atoms with van der Waals surface area (Å²) < 4.78 is 8.92. The smallest absolute Gasteiger partial charge is 0.438 e. The van der Waals surface area contributed by atoms with E-state index in [4.69, 9.17) is 0 Å². The first-order chi connectivity index (χ1) is 5.33. The summed E-state index contributed by atoms with van der Waals surface area (Å²) in [5, 5.41) is 0. The first-order valence-corrected chi connectivity index (χ1v) is 3.79. The van der Waals surface area contributed by atoms with Crippen molar-refractivity contribution < 1.29 is 14.3 Å². The number of hydrogen-bond acceptors (Lipinski definition) is 5. The Morgan fingerprint density at radius 1 is 1.82 bits per heavy atom. The maximum Gasteiger partial charge on any atom is 0.508 e.